The molecule has 1 aromatic rings. The first-order chi connectivity index (χ1) is 8.46. The summed E-state index contributed by atoms with van der Waals surface area (Å²) in [6.07, 6.45) is 1.54. The van der Waals surface area contributed by atoms with Gasteiger partial charge in [-0.05, 0) is 47.0 Å². The van der Waals surface area contributed by atoms with E-state index in [9.17, 15) is 12.8 Å². The van der Waals surface area contributed by atoms with Crippen molar-refractivity contribution in [1.29, 1.82) is 0 Å². The Bertz CT molecular complexity index is 550. The Morgan fingerprint density at radius 3 is 2.89 bits per heavy atom. The number of hydrogen-bond acceptors (Lipinski definition) is 3. The highest BCUT2D eigenvalue weighted by molar-refractivity contribution is 9.10. The maximum Gasteiger partial charge on any atom is 0.244 e. The number of nitrogens with zero attached hydrogens (tertiary/aromatic N) is 1. The van der Waals surface area contributed by atoms with Gasteiger partial charge in [0.25, 0.3) is 0 Å². The van der Waals surface area contributed by atoms with Crippen LogP contribution >= 0.6 is 15.9 Å². The van der Waals surface area contributed by atoms with E-state index in [1.165, 1.54) is 16.4 Å². The Hall–Kier alpha value is -0.500. The molecule has 0 saturated carbocycles. The van der Waals surface area contributed by atoms with Gasteiger partial charge in [-0.3, -0.25) is 0 Å². The quantitative estimate of drug-likeness (QED) is 0.913. The molecular formula is C11H14BrFN2O2S. The zero-order valence-electron chi connectivity index (χ0n) is 9.64. The maximum absolute atomic E-state index is 13.2. The molecule has 4 nitrogen and oxygen atoms in total. The summed E-state index contributed by atoms with van der Waals surface area (Å²) < 4.78 is 39.9. The minimum Gasteiger partial charge on any atom is -0.329 e. The largest absolute Gasteiger partial charge is 0.329 e. The van der Waals surface area contributed by atoms with E-state index in [2.05, 4.69) is 15.9 Å². The molecule has 0 bridgehead atoms. The average Bonchev–Trinajstić information content (AvgIpc) is 2.81. The molecule has 1 heterocycles. The first-order valence-corrected chi connectivity index (χ1v) is 7.87. The maximum atomic E-state index is 13.2. The second-order valence-corrected chi connectivity index (χ2v) is 6.94. The third-order valence-corrected chi connectivity index (χ3v) is 6.02. The highest BCUT2D eigenvalue weighted by Crippen LogP contribution is 2.30. The summed E-state index contributed by atoms with van der Waals surface area (Å²) in [5.41, 5.74) is 5.58. The molecule has 1 saturated heterocycles. The molecule has 0 aromatic heterocycles. The van der Waals surface area contributed by atoms with Crippen molar-refractivity contribution in [2.24, 2.45) is 5.73 Å². The lowest BCUT2D eigenvalue weighted by molar-refractivity contribution is 0.392. The fourth-order valence-electron chi connectivity index (χ4n) is 2.16. The van der Waals surface area contributed by atoms with E-state index < -0.39 is 15.8 Å². The van der Waals surface area contributed by atoms with Crippen LogP contribution in [0.3, 0.4) is 0 Å². The van der Waals surface area contributed by atoms with E-state index in [1.54, 1.807) is 0 Å². The lowest BCUT2D eigenvalue weighted by Gasteiger charge is -2.23. The molecule has 0 unspecified atom stereocenters. The molecule has 2 N–H and O–H groups in total. The molecule has 100 valence electrons. The Morgan fingerprint density at radius 2 is 2.22 bits per heavy atom. The number of sulfonamides is 1. The lowest BCUT2D eigenvalue weighted by Crippen LogP contribution is -2.40. The zero-order chi connectivity index (χ0) is 13.3. The van der Waals surface area contributed by atoms with Crippen molar-refractivity contribution in [3.8, 4) is 0 Å². The number of rotatable bonds is 3. The van der Waals surface area contributed by atoms with Crippen molar-refractivity contribution in [2.45, 2.75) is 23.8 Å². The molecule has 7 heteroatoms. The summed E-state index contributed by atoms with van der Waals surface area (Å²) >= 11 is 3.15. The Kier molecular flexibility index (Phi) is 4.05. The predicted octanol–water partition coefficient (Wildman–Crippen LogP) is 1.70. The summed E-state index contributed by atoms with van der Waals surface area (Å²) in [5, 5.41) is 0. The second kappa shape index (κ2) is 5.24. The SMILES string of the molecule is NC[C@@H]1CCCN1S(=O)(=O)c1cc(F)ccc1Br. The molecule has 18 heavy (non-hydrogen) atoms. The van der Waals surface area contributed by atoms with Crippen molar-refractivity contribution >= 4 is 26.0 Å². The van der Waals surface area contributed by atoms with Gasteiger partial charge in [-0.15, -0.1) is 0 Å². The van der Waals surface area contributed by atoms with E-state index in [1.807, 2.05) is 0 Å². The highest BCUT2D eigenvalue weighted by Gasteiger charge is 2.35. The first-order valence-electron chi connectivity index (χ1n) is 5.64. The zero-order valence-corrected chi connectivity index (χ0v) is 12.0. The summed E-state index contributed by atoms with van der Waals surface area (Å²) in [7, 11) is -3.69. The van der Waals surface area contributed by atoms with Crippen molar-refractivity contribution in [1.82, 2.24) is 4.31 Å². The van der Waals surface area contributed by atoms with Gasteiger partial charge in [-0.25, -0.2) is 12.8 Å². The Balaban J connectivity index is 2.45. The minimum atomic E-state index is -3.69. The van der Waals surface area contributed by atoms with E-state index in [-0.39, 0.29) is 17.5 Å². The lowest BCUT2D eigenvalue weighted by atomic mass is 10.2. The van der Waals surface area contributed by atoms with Gasteiger partial charge in [-0.1, -0.05) is 0 Å². The molecule has 1 fully saturated rings. The van der Waals surface area contributed by atoms with Crippen molar-refractivity contribution < 1.29 is 12.8 Å². The number of hydrogen-bond donors (Lipinski definition) is 1. The molecular weight excluding hydrogens is 323 g/mol. The van der Waals surface area contributed by atoms with Crippen LogP contribution < -0.4 is 5.73 Å². The van der Waals surface area contributed by atoms with Crippen LogP contribution in [0.15, 0.2) is 27.6 Å². The Morgan fingerprint density at radius 1 is 1.50 bits per heavy atom. The summed E-state index contributed by atoms with van der Waals surface area (Å²) in [6, 6.07) is 3.46. The molecule has 1 aliphatic rings. The van der Waals surface area contributed by atoms with Gasteiger partial charge in [0, 0.05) is 23.6 Å². The van der Waals surface area contributed by atoms with E-state index in [0.717, 1.165) is 18.9 Å². The summed E-state index contributed by atoms with van der Waals surface area (Å²) in [5.74, 6) is -0.569. The molecule has 0 radical (unpaired) electrons. The van der Waals surface area contributed by atoms with Crippen LogP contribution in [-0.2, 0) is 10.0 Å². The minimum absolute atomic E-state index is 0.0390. The molecule has 1 aliphatic heterocycles. The molecule has 2 rings (SSSR count). The molecule has 0 amide bonds. The number of halogens is 2. The molecule has 1 atom stereocenters. The number of benzene rings is 1. The number of nitrogens with two attached hydrogens (primary N) is 1. The van der Waals surface area contributed by atoms with Gasteiger partial charge in [0.2, 0.25) is 10.0 Å². The standard InChI is InChI=1S/C11H14BrFN2O2S/c12-10-4-3-8(13)6-11(10)18(16,17)15-5-1-2-9(15)7-14/h3-4,6,9H,1-2,5,7,14H2/t9-/m0/s1. The van der Waals surface area contributed by atoms with Gasteiger partial charge < -0.3 is 5.73 Å². The van der Waals surface area contributed by atoms with Gasteiger partial charge in [0.15, 0.2) is 0 Å². The van der Waals surface area contributed by atoms with E-state index in [0.29, 0.717) is 11.0 Å². The fraction of sp³-hybridized carbons (Fsp3) is 0.455. The third kappa shape index (κ3) is 2.45. The van der Waals surface area contributed by atoms with Gasteiger partial charge in [0.05, 0.1) is 4.90 Å². The van der Waals surface area contributed by atoms with Crippen LogP contribution in [0, 0.1) is 5.82 Å². The topological polar surface area (TPSA) is 63.4 Å². The van der Waals surface area contributed by atoms with Crippen LogP contribution in [-0.4, -0.2) is 31.9 Å². The van der Waals surface area contributed by atoms with Crippen molar-refractivity contribution in [3.05, 3.63) is 28.5 Å². The summed E-state index contributed by atoms with van der Waals surface area (Å²) in [4.78, 5) is -0.0390. The van der Waals surface area contributed by atoms with Gasteiger partial charge in [-0.2, -0.15) is 4.31 Å². The molecule has 0 spiro atoms. The normalized spacial score (nSPS) is 21.4. The van der Waals surface area contributed by atoms with Gasteiger partial charge >= 0.3 is 0 Å². The van der Waals surface area contributed by atoms with Gasteiger partial charge in [0.1, 0.15) is 5.82 Å². The predicted molar refractivity (Wildman–Crippen MR) is 70.1 cm³/mol. The average molecular weight is 337 g/mol. The summed E-state index contributed by atoms with van der Waals surface area (Å²) in [6.45, 7) is 0.722. The van der Waals surface area contributed by atoms with E-state index >= 15 is 0 Å². The second-order valence-electron chi connectivity index (χ2n) is 4.22. The molecule has 1 aromatic carbocycles. The fourth-order valence-corrected chi connectivity index (χ4v) is 4.80. The van der Waals surface area contributed by atoms with E-state index in [4.69, 9.17) is 5.73 Å². The van der Waals surface area contributed by atoms with Crippen LogP contribution in [0.4, 0.5) is 4.39 Å². The highest BCUT2D eigenvalue weighted by atomic mass is 79.9. The van der Waals surface area contributed by atoms with Crippen LogP contribution in [0.5, 0.6) is 0 Å². The third-order valence-electron chi connectivity index (χ3n) is 3.08. The van der Waals surface area contributed by atoms with Crippen LogP contribution in [0.25, 0.3) is 0 Å². The van der Waals surface area contributed by atoms with Crippen LogP contribution in [0.2, 0.25) is 0 Å². The Labute approximate surface area is 114 Å². The van der Waals surface area contributed by atoms with Crippen molar-refractivity contribution in [2.75, 3.05) is 13.1 Å². The van der Waals surface area contributed by atoms with Crippen molar-refractivity contribution in [3.63, 3.8) is 0 Å². The smallest absolute Gasteiger partial charge is 0.244 e. The monoisotopic (exact) mass is 336 g/mol. The first kappa shape index (κ1) is 13.9. The molecule has 0 aliphatic carbocycles. The van der Waals surface area contributed by atoms with Crippen LogP contribution in [0.1, 0.15) is 12.8 Å².